The third-order valence-electron chi connectivity index (χ3n) is 1.65. The fraction of sp³-hybridized carbons (Fsp3) is 0.286. The summed E-state index contributed by atoms with van der Waals surface area (Å²) in [5.74, 6) is 0.438. The Morgan fingerprint density at radius 1 is 1.50 bits per heavy atom. The number of nitrogens with zero attached hydrogens (tertiary/aromatic N) is 4. The van der Waals surface area contributed by atoms with Crippen molar-refractivity contribution in [3.63, 3.8) is 0 Å². The minimum Gasteiger partial charge on any atom is -0.246 e. The van der Waals surface area contributed by atoms with E-state index in [4.69, 9.17) is 0 Å². The van der Waals surface area contributed by atoms with E-state index in [9.17, 15) is 4.79 Å². The SMILES string of the molecule is Cc1cnc2nn(C)c(=O)n2c1. The van der Waals surface area contributed by atoms with Crippen LogP contribution in [0.3, 0.4) is 0 Å². The van der Waals surface area contributed by atoms with Crippen LogP contribution in [-0.4, -0.2) is 19.2 Å². The van der Waals surface area contributed by atoms with Crippen molar-refractivity contribution in [3.8, 4) is 0 Å². The maximum absolute atomic E-state index is 11.3. The molecule has 0 aromatic carbocycles. The molecule has 0 aliphatic heterocycles. The second kappa shape index (κ2) is 2.17. The monoisotopic (exact) mass is 164 g/mol. The summed E-state index contributed by atoms with van der Waals surface area (Å²) in [5, 5.41) is 3.91. The molecule has 0 aliphatic rings. The lowest BCUT2D eigenvalue weighted by Crippen LogP contribution is -2.17. The standard InChI is InChI=1S/C7H8N4O/c1-5-3-8-6-9-10(2)7(12)11(6)4-5/h3-4H,1-2H3. The molecule has 0 amide bonds. The van der Waals surface area contributed by atoms with Gasteiger partial charge in [0.15, 0.2) is 0 Å². The molecule has 2 rings (SSSR count). The van der Waals surface area contributed by atoms with Crippen molar-refractivity contribution in [1.29, 1.82) is 0 Å². The summed E-state index contributed by atoms with van der Waals surface area (Å²) in [6.45, 7) is 1.88. The molecule has 0 fully saturated rings. The van der Waals surface area contributed by atoms with Crippen LogP contribution in [0.25, 0.3) is 5.78 Å². The summed E-state index contributed by atoms with van der Waals surface area (Å²) in [5.41, 5.74) is 0.777. The zero-order chi connectivity index (χ0) is 8.72. The second-order valence-corrected chi connectivity index (χ2v) is 2.71. The molecule has 2 heterocycles. The highest BCUT2D eigenvalue weighted by molar-refractivity contribution is 5.26. The fourth-order valence-corrected chi connectivity index (χ4v) is 1.06. The van der Waals surface area contributed by atoms with Crippen molar-refractivity contribution in [2.45, 2.75) is 6.92 Å². The van der Waals surface area contributed by atoms with Gasteiger partial charge in [-0.1, -0.05) is 0 Å². The molecule has 5 heteroatoms. The summed E-state index contributed by atoms with van der Waals surface area (Å²) in [4.78, 5) is 15.3. The zero-order valence-corrected chi connectivity index (χ0v) is 6.85. The van der Waals surface area contributed by atoms with Gasteiger partial charge in [-0.25, -0.2) is 18.9 Å². The van der Waals surface area contributed by atoms with Gasteiger partial charge in [-0.3, -0.25) is 0 Å². The zero-order valence-electron chi connectivity index (χ0n) is 6.85. The number of fused-ring (bicyclic) bond motifs is 1. The molecule has 0 aliphatic carbocycles. The van der Waals surface area contributed by atoms with Crippen LogP contribution >= 0.6 is 0 Å². The lowest BCUT2D eigenvalue weighted by Gasteiger charge is -1.90. The number of rotatable bonds is 0. The van der Waals surface area contributed by atoms with Crippen LogP contribution in [-0.2, 0) is 7.05 Å². The number of hydrogen-bond donors (Lipinski definition) is 0. The second-order valence-electron chi connectivity index (χ2n) is 2.71. The summed E-state index contributed by atoms with van der Waals surface area (Å²) in [6.07, 6.45) is 3.40. The van der Waals surface area contributed by atoms with Crippen molar-refractivity contribution < 1.29 is 0 Å². The summed E-state index contributed by atoms with van der Waals surface area (Å²) in [7, 11) is 1.60. The third kappa shape index (κ3) is 0.827. The highest BCUT2D eigenvalue weighted by Crippen LogP contribution is 1.94. The lowest BCUT2D eigenvalue weighted by molar-refractivity contribution is 0.732. The van der Waals surface area contributed by atoms with Gasteiger partial charge in [0, 0.05) is 19.4 Å². The van der Waals surface area contributed by atoms with E-state index in [1.807, 2.05) is 6.92 Å². The van der Waals surface area contributed by atoms with E-state index >= 15 is 0 Å². The van der Waals surface area contributed by atoms with E-state index in [0.717, 1.165) is 5.56 Å². The molecule has 0 unspecified atom stereocenters. The lowest BCUT2D eigenvalue weighted by atomic mass is 10.4. The minimum absolute atomic E-state index is 0.166. The van der Waals surface area contributed by atoms with Gasteiger partial charge < -0.3 is 0 Å². The molecule has 0 bridgehead atoms. The highest BCUT2D eigenvalue weighted by Gasteiger charge is 2.02. The topological polar surface area (TPSA) is 52.2 Å². The van der Waals surface area contributed by atoms with Crippen LogP contribution in [0.2, 0.25) is 0 Å². The molecule has 0 N–H and O–H groups in total. The van der Waals surface area contributed by atoms with Gasteiger partial charge in [0.2, 0.25) is 0 Å². The first-order valence-corrected chi connectivity index (χ1v) is 3.56. The van der Waals surface area contributed by atoms with E-state index in [-0.39, 0.29) is 5.69 Å². The average molecular weight is 164 g/mol. The average Bonchev–Trinajstić information content (AvgIpc) is 2.31. The van der Waals surface area contributed by atoms with Gasteiger partial charge in [0.25, 0.3) is 5.78 Å². The van der Waals surface area contributed by atoms with Gasteiger partial charge in [0.1, 0.15) is 0 Å². The van der Waals surface area contributed by atoms with Gasteiger partial charge in [-0.2, -0.15) is 0 Å². The van der Waals surface area contributed by atoms with E-state index < -0.39 is 0 Å². The smallest absolute Gasteiger partial charge is 0.246 e. The Hall–Kier alpha value is -1.65. The normalized spacial score (nSPS) is 10.8. The highest BCUT2D eigenvalue weighted by atomic mass is 16.2. The largest absolute Gasteiger partial charge is 0.351 e. The van der Waals surface area contributed by atoms with Gasteiger partial charge in [-0.05, 0) is 12.5 Å². The van der Waals surface area contributed by atoms with Crippen LogP contribution in [0.1, 0.15) is 5.56 Å². The summed E-state index contributed by atoms with van der Waals surface area (Å²) < 4.78 is 2.69. The number of aromatic nitrogens is 4. The third-order valence-corrected chi connectivity index (χ3v) is 1.65. The van der Waals surface area contributed by atoms with Crippen LogP contribution in [0.15, 0.2) is 17.2 Å². The molecule has 2 aromatic heterocycles. The molecule has 62 valence electrons. The van der Waals surface area contributed by atoms with E-state index in [1.54, 1.807) is 19.4 Å². The van der Waals surface area contributed by atoms with Crippen LogP contribution < -0.4 is 5.69 Å². The molecule has 2 aromatic rings. The summed E-state index contributed by atoms with van der Waals surface area (Å²) in [6, 6.07) is 0. The number of hydrogen-bond acceptors (Lipinski definition) is 3. The van der Waals surface area contributed by atoms with Crippen molar-refractivity contribution in [1.82, 2.24) is 19.2 Å². The first-order chi connectivity index (χ1) is 5.68. The predicted molar refractivity (Wildman–Crippen MR) is 43.0 cm³/mol. The van der Waals surface area contributed by atoms with Crippen LogP contribution in [0.5, 0.6) is 0 Å². The molecule has 12 heavy (non-hydrogen) atoms. The molecular formula is C7H8N4O. The van der Waals surface area contributed by atoms with E-state index in [1.165, 1.54) is 9.08 Å². The Labute approximate surface area is 68.3 Å². The summed E-state index contributed by atoms with van der Waals surface area (Å²) >= 11 is 0. The first kappa shape index (κ1) is 7.02. The van der Waals surface area contributed by atoms with E-state index in [2.05, 4.69) is 10.1 Å². The Balaban J connectivity index is 2.98. The molecule has 0 saturated heterocycles. The molecule has 5 nitrogen and oxygen atoms in total. The minimum atomic E-state index is -0.166. The van der Waals surface area contributed by atoms with Gasteiger partial charge >= 0.3 is 5.69 Å². The predicted octanol–water partition coefficient (Wildman–Crippen LogP) is -0.264. The maximum Gasteiger partial charge on any atom is 0.351 e. The van der Waals surface area contributed by atoms with Gasteiger partial charge in [0.05, 0.1) is 0 Å². The molecule has 0 saturated carbocycles. The van der Waals surface area contributed by atoms with Crippen LogP contribution in [0, 0.1) is 6.92 Å². The van der Waals surface area contributed by atoms with Crippen molar-refractivity contribution in [2.75, 3.05) is 0 Å². The van der Waals surface area contributed by atoms with Crippen molar-refractivity contribution >= 4 is 5.78 Å². The molecular weight excluding hydrogens is 156 g/mol. The van der Waals surface area contributed by atoms with Crippen LogP contribution in [0.4, 0.5) is 0 Å². The Morgan fingerprint density at radius 3 is 3.00 bits per heavy atom. The Bertz CT molecular complexity index is 482. The maximum atomic E-state index is 11.3. The quantitative estimate of drug-likeness (QED) is 0.539. The Morgan fingerprint density at radius 2 is 2.25 bits per heavy atom. The first-order valence-electron chi connectivity index (χ1n) is 3.56. The fourth-order valence-electron chi connectivity index (χ4n) is 1.06. The van der Waals surface area contributed by atoms with E-state index in [0.29, 0.717) is 5.78 Å². The molecule has 0 radical (unpaired) electrons. The van der Waals surface area contributed by atoms with Crippen molar-refractivity contribution in [3.05, 3.63) is 28.4 Å². The number of aryl methyl sites for hydroxylation is 2. The molecule has 0 spiro atoms. The van der Waals surface area contributed by atoms with Gasteiger partial charge in [-0.15, -0.1) is 5.10 Å². The van der Waals surface area contributed by atoms with Crippen molar-refractivity contribution in [2.24, 2.45) is 7.05 Å². The Kier molecular flexibility index (Phi) is 1.27. The molecule has 0 atom stereocenters.